The number of nitrogens with zero attached hydrogens (tertiary/aromatic N) is 2. The Morgan fingerprint density at radius 3 is 2.71 bits per heavy atom. The third-order valence-electron chi connectivity index (χ3n) is 4.44. The van der Waals surface area contributed by atoms with Crippen LogP contribution in [0.4, 0.5) is 5.69 Å². The first kappa shape index (κ1) is 16.8. The Morgan fingerprint density at radius 2 is 2.05 bits per heavy atom. The van der Waals surface area contributed by atoms with Gasteiger partial charge in [-0.1, -0.05) is 36.7 Å². The predicted molar refractivity (Wildman–Crippen MR) is 95.1 cm³/mol. The molecule has 1 saturated heterocycles. The van der Waals surface area contributed by atoms with Crippen LogP contribution in [-0.4, -0.2) is 43.7 Å². The third kappa shape index (κ3) is 4.21. The monoisotopic (exact) mass is 353 g/mol. The van der Waals surface area contributed by atoms with Crippen LogP contribution in [0.3, 0.4) is 0 Å². The minimum Gasteiger partial charge on any atom is -0.370 e. The second-order valence-electron chi connectivity index (χ2n) is 5.66. The van der Waals surface area contributed by atoms with Gasteiger partial charge < -0.3 is 10.2 Å². The molecule has 0 saturated carbocycles. The van der Waals surface area contributed by atoms with Crippen LogP contribution in [0.2, 0.25) is 0 Å². The first-order chi connectivity index (χ1) is 10.2. The number of likely N-dealkylation sites (N-methyl/N-ethyl adjacent to an activating group) is 1. The van der Waals surface area contributed by atoms with Gasteiger partial charge in [-0.25, -0.2) is 0 Å². The largest absolute Gasteiger partial charge is 0.370 e. The number of nitrogens with one attached hydrogen (secondary N) is 1. The quantitative estimate of drug-likeness (QED) is 0.809. The number of halogens is 1. The molecule has 1 N–H and O–H groups in total. The lowest BCUT2D eigenvalue weighted by Gasteiger charge is -2.27. The molecule has 0 aliphatic carbocycles. The van der Waals surface area contributed by atoms with Crippen LogP contribution >= 0.6 is 15.9 Å². The van der Waals surface area contributed by atoms with Gasteiger partial charge in [0.2, 0.25) is 0 Å². The highest BCUT2D eigenvalue weighted by atomic mass is 79.9. The second kappa shape index (κ2) is 8.16. The summed E-state index contributed by atoms with van der Waals surface area (Å²) >= 11 is 3.60. The summed E-state index contributed by atoms with van der Waals surface area (Å²) in [5, 5.41) is 3.45. The van der Waals surface area contributed by atoms with E-state index in [1.54, 1.807) is 0 Å². The summed E-state index contributed by atoms with van der Waals surface area (Å²) in [5.74, 6) is 0. The van der Waals surface area contributed by atoms with E-state index in [1.165, 1.54) is 28.7 Å². The van der Waals surface area contributed by atoms with Crippen molar-refractivity contribution in [1.82, 2.24) is 10.2 Å². The van der Waals surface area contributed by atoms with Gasteiger partial charge in [0.05, 0.1) is 0 Å². The fraction of sp³-hybridized carbons (Fsp3) is 0.647. The summed E-state index contributed by atoms with van der Waals surface area (Å²) in [6, 6.07) is 7.38. The highest BCUT2D eigenvalue weighted by molar-refractivity contribution is 9.10. The lowest BCUT2D eigenvalue weighted by atomic mass is 10.1. The highest BCUT2D eigenvalue weighted by Gasteiger charge is 2.27. The van der Waals surface area contributed by atoms with Gasteiger partial charge in [-0.05, 0) is 49.8 Å². The molecule has 1 aromatic carbocycles. The first-order valence-corrected chi connectivity index (χ1v) is 8.97. The van der Waals surface area contributed by atoms with Gasteiger partial charge in [0.1, 0.15) is 0 Å². The number of hydrogen-bond acceptors (Lipinski definition) is 3. The second-order valence-corrected chi connectivity index (χ2v) is 6.58. The van der Waals surface area contributed by atoms with E-state index in [9.17, 15) is 0 Å². The van der Waals surface area contributed by atoms with Crippen LogP contribution in [0.15, 0.2) is 22.7 Å². The number of benzene rings is 1. The van der Waals surface area contributed by atoms with E-state index >= 15 is 0 Å². The van der Waals surface area contributed by atoms with Crippen LogP contribution in [-0.2, 0) is 6.54 Å². The number of rotatable bonds is 7. The van der Waals surface area contributed by atoms with E-state index in [0.29, 0.717) is 6.04 Å². The van der Waals surface area contributed by atoms with Crippen molar-refractivity contribution in [3.05, 3.63) is 28.2 Å². The molecule has 1 aromatic rings. The number of hydrogen-bond donors (Lipinski definition) is 1. The third-order valence-corrected chi connectivity index (χ3v) is 4.93. The summed E-state index contributed by atoms with van der Waals surface area (Å²) < 4.78 is 1.17. The average molecular weight is 354 g/mol. The molecule has 0 amide bonds. The molecule has 1 heterocycles. The summed E-state index contributed by atoms with van der Waals surface area (Å²) in [7, 11) is 0. The van der Waals surface area contributed by atoms with Crippen molar-refractivity contribution in [2.75, 3.05) is 37.6 Å². The molecule has 1 aliphatic heterocycles. The molecule has 4 heteroatoms. The Morgan fingerprint density at radius 1 is 1.29 bits per heavy atom. The smallest absolute Gasteiger partial charge is 0.0413 e. The van der Waals surface area contributed by atoms with E-state index in [1.807, 2.05) is 0 Å². The van der Waals surface area contributed by atoms with Gasteiger partial charge in [0, 0.05) is 35.8 Å². The minimum absolute atomic E-state index is 0.704. The predicted octanol–water partition coefficient (Wildman–Crippen LogP) is 3.48. The Kier molecular flexibility index (Phi) is 6.52. The van der Waals surface area contributed by atoms with Gasteiger partial charge in [-0.3, -0.25) is 4.90 Å². The molecule has 0 bridgehead atoms. The molecule has 21 heavy (non-hydrogen) atoms. The van der Waals surface area contributed by atoms with Crippen LogP contribution in [0, 0.1) is 0 Å². The van der Waals surface area contributed by atoms with Crippen LogP contribution in [0.1, 0.15) is 32.8 Å². The molecular weight excluding hydrogens is 326 g/mol. The maximum atomic E-state index is 3.60. The summed E-state index contributed by atoms with van der Waals surface area (Å²) in [6.07, 6.45) is 1.28. The molecule has 1 atom stereocenters. The van der Waals surface area contributed by atoms with Gasteiger partial charge in [-0.15, -0.1) is 0 Å². The Hall–Kier alpha value is -0.580. The fourth-order valence-electron chi connectivity index (χ4n) is 3.26. The Bertz CT molecular complexity index is 446. The lowest BCUT2D eigenvalue weighted by Crippen LogP contribution is -2.37. The maximum absolute atomic E-state index is 3.60. The van der Waals surface area contributed by atoms with E-state index in [2.05, 4.69) is 70.0 Å². The molecule has 3 nitrogen and oxygen atoms in total. The zero-order valence-electron chi connectivity index (χ0n) is 13.5. The highest BCUT2D eigenvalue weighted by Crippen LogP contribution is 2.29. The van der Waals surface area contributed by atoms with Crippen molar-refractivity contribution in [3.8, 4) is 0 Å². The Labute approximate surface area is 137 Å². The molecule has 0 aromatic heterocycles. The van der Waals surface area contributed by atoms with Crippen molar-refractivity contribution in [2.45, 2.75) is 39.8 Å². The van der Waals surface area contributed by atoms with E-state index in [4.69, 9.17) is 0 Å². The summed E-state index contributed by atoms with van der Waals surface area (Å²) in [6.45, 7) is 13.3. The van der Waals surface area contributed by atoms with Gasteiger partial charge in [-0.2, -0.15) is 0 Å². The topological polar surface area (TPSA) is 18.5 Å². The van der Waals surface area contributed by atoms with E-state index in [0.717, 1.165) is 32.7 Å². The van der Waals surface area contributed by atoms with Crippen molar-refractivity contribution in [3.63, 3.8) is 0 Å². The average Bonchev–Trinajstić information content (AvgIpc) is 2.96. The van der Waals surface area contributed by atoms with Crippen LogP contribution in [0.25, 0.3) is 0 Å². The standard InChI is InChI=1S/C17H28BrN3/c1-4-19-12-14-11-15(18)7-8-17(14)21-10-9-16(13-21)20(5-2)6-3/h7-8,11,16,19H,4-6,9-10,12-13H2,1-3H3. The SMILES string of the molecule is CCNCc1cc(Br)ccc1N1CCC(N(CC)CC)C1. The molecule has 118 valence electrons. The number of anilines is 1. The molecule has 2 rings (SSSR count). The lowest BCUT2D eigenvalue weighted by molar-refractivity contribution is 0.232. The van der Waals surface area contributed by atoms with Gasteiger partial charge in [0.15, 0.2) is 0 Å². The molecule has 1 unspecified atom stereocenters. The minimum atomic E-state index is 0.704. The molecule has 0 radical (unpaired) electrons. The molecule has 1 aliphatic rings. The van der Waals surface area contributed by atoms with Gasteiger partial charge >= 0.3 is 0 Å². The zero-order valence-corrected chi connectivity index (χ0v) is 15.1. The van der Waals surface area contributed by atoms with Crippen molar-refractivity contribution >= 4 is 21.6 Å². The summed E-state index contributed by atoms with van der Waals surface area (Å²) in [5.41, 5.74) is 2.79. The zero-order chi connectivity index (χ0) is 15.2. The maximum Gasteiger partial charge on any atom is 0.0413 e. The first-order valence-electron chi connectivity index (χ1n) is 8.17. The van der Waals surface area contributed by atoms with Crippen LogP contribution in [0.5, 0.6) is 0 Å². The van der Waals surface area contributed by atoms with E-state index < -0.39 is 0 Å². The van der Waals surface area contributed by atoms with Crippen molar-refractivity contribution < 1.29 is 0 Å². The van der Waals surface area contributed by atoms with Crippen molar-refractivity contribution in [1.29, 1.82) is 0 Å². The van der Waals surface area contributed by atoms with Crippen LogP contribution < -0.4 is 10.2 Å². The van der Waals surface area contributed by atoms with E-state index in [-0.39, 0.29) is 0 Å². The molecule has 0 spiro atoms. The van der Waals surface area contributed by atoms with Crippen molar-refractivity contribution in [2.24, 2.45) is 0 Å². The normalized spacial score (nSPS) is 18.7. The van der Waals surface area contributed by atoms with Gasteiger partial charge in [0.25, 0.3) is 0 Å². The fourth-order valence-corrected chi connectivity index (χ4v) is 3.67. The molecule has 1 fully saturated rings. The molecular formula is C17H28BrN3. The Balaban J connectivity index is 2.11. The summed E-state index contributed by atoms with van der Waals surface area (Å²) in [4.78, 5) is 5.14.